The Balaban J connectivity index is 2.95. The zero-order valence-electron chi connectivity index (χ0n) is 15.0. The lowest BCUT2D eigenvalue weighted by Gasteiger charge is -2.25. The predicted molar refractivity (Wildman–Crippen MR) is 85.2 cm³/mol. The van der Waals surface area contributed by atoms with Gasteiger partial charge in [-0.2, -0.15) is 38.8 Å². The van der Waals surface area contributed by atoms with Crippen molar-refractivity contribution in [3.05, 3.63) is 0 Å². The Bertz CT molecular complexity index is 867. The number of halogens is 5. The van der Waals surface area contributed by atoms with Gasteiger partial charge in [0.1, 0.15) is 5.75 Å². The molecule has 0 aromatic carbocycles. The lowest BCUT2D eigenvalue weighted by molar-refractivity contribution is -0.218. The normalized spacial score (nSPS) is 22.9. The molecule has 0 spiro atoms. The number of alkyl halides is 5. The molecule has 4 unspecified atom stereocenters. The van der Waals surface area contributed by atoms with E-state index >= 15 is 0 Å². The molecule has 30 heavy (non-hydrogen) atoms. The van der Waals surface area contributed by atoms with Crippen LogP contribution in [0.3, 0.4) is 0 Å². The zero-order valence-corrected chi connectivity index (χ0v) is 16.6. The van der Waals surface area contributed by atoms with Crippen LogP contribution >= 0.6 is 0 Å². The molecule has 2 N–H and O–H groups in total. The highest BCUT2D eigenvalue weighted by Gasteiger charge is 2.53. The van der Waals surface area contributed by atoms with Gasteiger partial charge in [0.15, 0.2) is 6.10 Å². The summed E-state index contributed by atoms with van der Waals surface area (Å²) in [6, 6.07) is 0. The highest BCUT2D eigenvalue weighted by Crippen LogP contribution is 2.37. The first-order valence-corrected chi connectivity index (χ1v) is 11.1. The number of carbonyl (C=O) groups excluding carboxylic acids is 2. The third kappa shape index (κ3) is 6.71. The molecule has 0 aliphatic heterocycles. The molecule has 0 aromatic rings. The fraction of sp³-hybridized carbons (Fsp3) is 0.846. The number of ether oxygens (including phenoxy) is 2. The van der Waals surface area contributed by atoms with E-state index in [1.807, 2.05) is 0 Å². The van der Waals surface area contributed by atoms with Gasteiger partial charge in [-0.05, 0) is 19.8 Å². The van der Waals surface area contributed by atoms with Gasteiger partial charge in [-0.1, -0.05) is 6.42 Å². The topological polar surface area (TPSA) is 161 Å². The minimum Gasteiger partial charge on any atom is -0.455 e. The maximum Gasteiger partial charge on any atom is 0.426 e. The van der Waals surface area contributed by atoms with Crippen LogP contribution in [0.25, 0.3) is 0 Å². The molecule has 1 rings (SSSR count). The van der Waals surface area contributed by atoms with Crippen LogP contribution in [0.2, 0.25) is 0 Å². The molecule has 10 nitrogen and oxygen atoms in total. The van der Waals surface area contributed by atoms with E-state index in [9.17, 15) is 48.4 Å². The highest BCUT2D eigenvalue weighted by molar-refractivity contribution is 7.87. The van der Waals surface area contributed by atoms with E-state index in [0.29, 0.717) is 6.92 Å². The van der Waals surface area contributed by atoms with Gasteiger partial charge >= 0.3 is 33.5 Å². The van der Waals surface area contributed by atoms with Crippen LogP contribution in [-0.2, 0) is 39.3 Å². The molecule has 0 radical (unpaired) electrons. The Hall–Kier alpha value is -1.59. The fourth-order valence-electron chi connectivity index (χ4n) is 2.68. The third-order valence-corrected chi connectivity index (χ3v) is 5.96. The van der Waals surface area contributed by atoms with E-state index in [4.69, 9.17) is 9.11 Å². The van der Waals surface area contributed by atoms with Crippen LogP contribution in [0.15, 0.2) is 0 Å². The maximum absolute atomic E-state index is 13.5. The summed E-state index contributed by atoms with van der Waals surface area (Å²) in [4.78, 5) is 24.1. The second kappa shape index (κ2) is 8.88. The highest BCUT2D eigenvalue weighted by atomic mass is 32.2. The van der Waals surface area contributed by atoms with Crippen molar-refractivity contribution in [2.24, 2.45) is 11.8 Å². The minimum atomic E-state index is -5.96. The Morgan fingerprint density at radius 3 is 1.77 bits per heavy atom. The Morgan fingerprint density at radius 1 is 0.967 bits per heavy atom. The monoisotopic (exact) mass is 492 g/mol. The molecular weight excluding hydrogens is 475 g/mol. The van der Waals surface area contributed by atoms with Gasteiger partial charge in [-0.3, -0.25) is 18.7 Å². The van der Waals surface area contributed by atoms with E-state index in [1.165, 1.54) is 0 Å². The summed E-state index contributed by atoms with van der Waals surface area (Å²) in [5.41, 5.74) is 0. The van der Waals surface area contributed by atoms with Crippen LogP contribution in [-0.4, -0.2) is 67.3 Å². The fourth-order valence-corrected chi connectivity index (χ4v) is 3.79. The van der Waals surface area contributed by atoms with Gasteiger partial charge in [-0.25, -0.2) is 0 Å². The van der Waals surface area contributed by atoms with E-state index < -0.39 is 73.4 Å². The molecule has 1 saturated carbocycles. The Labute approximate surface area is 167 Å². The first kappa shape index (κ1) is 26.4. The second-order valence-corrected chi connectivity index (χ2v) is 9.47. The van der Waals surface area contributed by atoms with Gasteiger partial charge < -0.3 is 9.47 Å². The number of hydrogen-bond donors (Lipinski definition) is 2. The minimum absolute atomic E-state index is 0.0532. The Morgan fingerprint density at radius 2 is 1.40 bits per heavy atom. The number of carbonyl (C=O) groups is 2. The molecule has 0 bridgehead atoms. The van der Waals surface area contributed by atoms with E-state index in [2.05, 4.69) is 9.47 Å². The van der Waals surface area contributed by atoms with Crippen molar-refractivity contribution in [1.29, 1.82) is 0 Å². The molecule has 176 valence electrons. The molecule has 0 heterocycles. The van der Waals surface area contributed by atoms with Crippen molar-refractivity contribution in [3.8, 4) is 0 Å². The van der Waals surface area contributed by atoms with E-state index in [1.54, 1.807) is 0 Å². The molecule has 17 heteroatoms. The van der Waals surface area contributed by atoms with Gasteiger partial charge in [-0.15, -0.1) is 0 Å². The van der Waals surface area contributed by atoms with Crippen LogP contribution in [0.1, 0.15) is 26.2 Å². The molecule has 0 saturated heterocycles. The van der Waals surface area contributed by atoms with Gasteiger partial charge in [0.2, 0.25) is 6.10 Å². The molecule has 1 aliphatic rings. The second-order valence-electron chi connectivity index (χ2n) is 6.48. The zero-order chi connectivity index (χ0) is 23.7. The van der Waals surface area contributed by atoms with Crippen molar-refractivity contribution in [2.75, 3.05) is 5.75 Å². The summed E-state index contributed by atoms with van der Waals surface area (Å²) in [7, 11) is -11.2. The predicted octanol–water partition coefficient (Wildman–Crippen LogP) is 1.18. The quantitative estimate of drug-likeness (QED) is 0.286. The van der Waals surface area contributed by atoms with Crippen molar-refractivity contribution in [2.45, 2.75) is 49.8 Å². The number of rotatable bonds is 8. The van der Waals surface area contributed by atoms with Gasteiger partial charge in [0.25, 0.3) is 10.1 Å². The SMILES string of the molecule is CC(OC(=O)C1CCCC1C(=O)OC(CS(=O)(=O)O)C(F)(F)F)C(F)(F)S(=O)(=O)O. The number of esters is 2. The average molecular weight is 492 g/mol. The third-order valence-electron chi connectivity index (χ3n) is 4.22. The summed E-state index contributed by atoms with van der Waals surface area (Å²) in [5.74, 6) is -8.45. The van der Waals surface area contributed by atoms with E-state index in [0.717, 1.165) is 0 Å². The molecule has 0 aromatic heterocycles. The molecule has 0 amide bonds. The lowest BCUT2D eigenvalue weighted by atomic mass is 9.96. The van der Waals surface area contributed by atoms with Crippen LogP contribution in [0, 0.1) is 11.8 Å². The lowest BCUT2D eigenvalue weighted by Crippen LogP contribution is -2.44. The van der Waals surface area contributed by atoms with E-state index in [-0.39, 0.29) is 19.3 Å². The standard InChI is InChI=1S/C13H17F5O10S2/c1-6(13(17,18)30(24,25)26)27-10(19)7-3-2-4-8(7)11(20)28-9(12(14,15)16)5-29(21,22)23/h6-9H,2-5H2,1H3,(H,21,22,23)(H,24,25,26). The molecule has 1 fully saturated rings. The summed E-state index contributed by atoms with van der Waals surface area (Å²) in [6.45, 7) is 0.430. The molecule has 1 aliphatic carbocycles. The van der Waals surface area contributed by atoms with Gasteiger partial charge in [0, 0.05) is 0 Å². The van der Waals surface area contributed by atoms with Crippen molar-refractivity contribution in [3.63, 3.8) is 0 Å². The summed E-state index contributed by atoms with van der Waals surface area (Å²) < 4.78 is 134. The summed E-state index contributed by atoms with van der Waals surface area (Å²) >= 11 is 0. The molecule has 4 atom stereocenters. The first-order chi connectivity index (χ1) is 13.3. The van der Waals surface area contributed by atoms with Crippen molar-refractivity contribution in [1.82, 2.24) is 0 Å². The maximum atomic E-state index is 13.5. The molecular formula is C13H17F5O10S2. The number of hydrogen-bond acceptors (Lipinski definition) is 8. The summed E-state index contributed by atoms with van der Waals surface area (Å²) in [6.07, 6.45) is -11.7. The smallest absolute Gasteiger partial charge is 0.426 e. The van der Waals surface area contributed by atoms with Crippen LogP contribution in [0.5, 0.6) is 0 Å². The first-order valence-electron chi connectivity index (χ1n) is 8.05. The average Bonchev–Trinajstić information content (AvgIpc) is 3.00. The van der Waals surface area contributed by atoms with Gasteiger partial charge in [0.05, 0.1) is 11.8 Å². The largest absolute Gasteiger partial charge is 0.455 e. The van der Waals surface area contributed by atoms with Crippen LogP contribution < -0.4 is 0 Å². The Kier molecular flexibility index (Phi) is 7.82. The van der Waals surface area contributed by atoms with Crippen molar-refractivity contribution >= 4 is 32.2 Å². The summed E-state index contributed by atoms with van der Waals surface area (Å²) in [5, 5.41) is -4.89. The van der Waals surface area contributed by atoms with Crippen LogP contribution in [0.4, 0.5) is 22.0 Å². The van der Waals surface area contributed by atoms with Crippen molar-refractivity contribution < 1.29 is 67.0 Å².